The van der Waals surface area contributed by atoms with Crippen LogP contribution in [0.15, 0.2) is 23.0 Å². The standard InChI is InChI=1S/C14H9Cl2NO3S/c1-19-6-3-4-7-8(5-6)21-14-10(16)12(18)9(15)13(20-2)11(14)17-7/h3-5H,1-2H3. The highest BCUT2D eigenvalue weighted by Gasteiger charge is 2.24. The molecule has 0 N–H and O–H groups in total. The third-order valence-corrected chi connectivity index (χ3v) is 5.01. The SMILES string of the molecule is COc1ccc2nc3c(OC)c(Cl)c(=O)c(Cl)c-3sc2c1. The van der Waals surface area contributed by atoms with E-state index in [2.05, 4.69) is 4.98 Å². The number of halogens is 2. The van der Waals surface area contributed by atoms with Gasteiger partial charge in [-0.25, -0.2) is 4.98 Å². The maximum Gasteiger partial charge on any atom is 0.221 e. The number of hydrogen-bond donors (Lipinski definition) is 0. The first kappa shape index (κ1) is 14.4. The van der Waals surface area contributed by atoms with E-state index in [-0.39, 0.29) is 15.8 Å². The van der Waals surface area contributed by atoms with Gasteiger partial charge in [0.1, 0.15) is 21.5 Å². The number of ether oxygens (including phenoxy) is 2. The summed E-state index contributed by atoms with van der Waals surface area (Å²) in [5, 5.41) is 0.000538. The minimum atomic E-state index is -0.456. The summed E-state index contributed by atoms with van der Waals surface area (Å²) in [6.07, 6.45) is 0. The van der Waals surface area contributed by atoms with E-state index in [9.17, 15) is 4.79 Å². The molecule has 3 rings (SSSR count). The first-order valence-electron chi connectivity index (χ1n) is 5.90. The fourth-order valence-electron chi connectivity index (χ4n) is 2.02. The maximum absolute atomic E-state index is 12.0. The van der Waals surface area contributed by atoms with Crippen LogP contribution in [-0.2, 0) is 0 Å². The van der Waals surface area contributed by atoms with E-state index in [1.807, 2.05) is 18.2 Å². The van der Waals surface area contributed by atoms with Crippen LogP contribution >= 0.6 is 34.5 Å². The van der Waals surface area contributed by atoms with Crippen LogP contribution in [0.25, 0.3) is 20.8 Å². The Morgan fingerprint density at radius 1 is 1.14 bits per heavy atom. The monoisotopic (exact) mass is 341 g/mol. The van der Waals surface area contributed by atoms with Gasteiger partial charge in [0.05, 0.1) is 29.3 Å². The molecule has 7 heteroatoms. The molecule has 108 valence electrons. The van der Waals surface area contributed by atoms with E-state index in [1.54, 1.807) is 7.11 Å². The number of fused-ring (bicyclic) bond motifs is 2. The van der Waals surface area contributed by atoms with Crippen molar-refractivity contribution < 1.29 is 9.47 Å². The third kappa shape index (κ3) is 2.21. The Bertz CT molecular complexity index is 878. The van der Waals surface area contributed by atoms with Gasteiger partial charge in [-0.3, -0.25) is 4.79 Å². The largest absolute Gasteiger partial charge is 0.497 e. The van der Waals surface area contributed by atoms with E-state index in [1.165, 1.54) is 18.4 Å². The molecular formula is C14H9Cl2NO3S. The predicted molar refractivity (Wildman–Crippen MR) is 85.6 cm³/mol. The Morgan fingerprint density at radius 3 is 2.57 bits per heavy atom. The highest BCUT2D eigenvalue weighted by atomic mass is 35.5. The molecule has 1 aliphatic carbocycles. The second-order valence-electron chi connectivity index (χ2n) is 4.22. The summed E-state index contributed by atoms with van der Waals surface area (Å²) in [5.41, 5.74) is 0.773. The molecule has 1 aromatic rings. The Kier molecular flexibility index (Phi) is 3.65. The van der Waals surface area contributed by atoms with E-state index in [0.29, 0.717) is 16.3 Å². The summed E-state index contributed by atoms with van der Waals surface area (Å²) in [4.78, 5) is 17.1. The van der Waals surface area contributed by atoms with Crippen LogP contribution < -0.4 is 14.9 Å². The number of aromatic nitrogens is 1. The Morgan fingerprint density at radius 2 is 1.90 bits per heavy atom. The average Bonchev–Trinajstić information content (AvgIpc) is 2.51. The van der Waals surface area contributed by atoms with E-state index in [4.69, 9.17) is 32.7 Å². The first-order valence-corrected chi connectivity index (χ1v) is 7.47. The van der Waals surface area contributed by atoms with Crippen LogP contribution in [0.1, 0.15) is 0 Å². The van der Waals surface area contributed by atoms with Crippen molar-refractivity contribution >= 4 is 44.8 Å². The van der Waals surface area contributed by atoms with Crippen LogP contribution in [0.2, 0.25) is 10.0 Å². The molecule has 2 aliphatic rings. The summed E-state index contributed by atoms with van der Waals surface area (Å²) in [6.45, 7) is 0. The van der Waals surface area contributed by atoms with Crippen molar-refractivity contribution in [1.29, 1.82) is 0 Å². The summed E-state index contributed by atoms with van der Waals surface area (Å²) in [5.74, 6) is 0.953. The molecule has 0 saturated carbocycles. The molecule has 21 heavy (non-hydrogen) atoms. The summed E-state index contributed by atoms with van der Waals surface area (Å²) in [7, 11) is 3.03. The Hall–Kier alpha value is -1.56. The lowest BCUT2D eigenvalue weighted by Gasteiger charge is -2.13. The fraction of sp³-hybridized carbons (Fsp3) is 0.143. The highest BCUT2D eigenvalue weighted by Crippen LogP contribution is 2.43. The smallest absolute Gasteiger partial charge is 0.221 e. The maximum atomic E-state index is 12.0. The predicted octanol–water partition coefficient (Wildman–Crippen LogP) is 4.09. The molecule has 0 saturated heterocycles. The lowest BCUT2D eigenvalue weighted by Crippen LogP contribution is -2.08. The molecule has 0 aromatic heterocycles. The quantitative estimate of drug-likeness (QED) is 0.659. The second-order valence-corrected chi connectivity index (χ2v) is 6.02. The zero-order valence-electron chi connectivity index (χ0n) is 11.1. The summed E-state index contributed by atoms with van der Waals surface area (Å²) >= 11 is 13.5. The van der Waals surface area contributed by atoms with Crippen LogP contribution in [0.4, 0.5) is 0 Å². The van der Waals surface area contributed by atoms with Gasteiger partial charge in [-0.2, -0.15) is 0 Å². The van der Waals surface area contributed by atoms with Crippen molar-refractivity contribution in [3.05, 3.63) is 38.5 Å². The minimum absolute atomic E-state index is 0.0532. The molecule has 0 bridgehead atoms. The minimum Gasteiger partial charge on any atom is -0.497 e. The van der Waals surface area contributed by atoms with Crippen molar-refractivity contribution in [2.45, 2.75) is 0 Å². The Balaban J connectivity index is 2.47. The van der Waals surface area contributed by atoms with E-state index >= 15 is 0 Å². The zero-order chi connectivity index (χ0) is 15.1. The van der Waals surface area contributed by atoms with E-state index < -0.39 is 5.43 Å². The number of methoxy groups -OCH3 is 2. The number of rotatable bonds is 2. The topological polar surface area (TPSA) is 48.4 Å². The molecule has 1 aliphatic heterocycles. The molecule has 0 fully saturated rings. The molecule has 1 aromatic carbocycles. The van der Waals surface area contributed by atoms with Crippen molar-refractivity contribution in [1.82, 2.24) is 4.98 Å². The van der Waals surface area contributed by atoms with Gasteiger partial charge >= 0.3 is 0 Å². The van der Waals surface area contributed by atoms with Crippen molar-refractivity contribution in [2.75, 3.05) is 14.2 Å². The molecule has 0 unspecified atom stereocenters. The molecule has 0 radical (unpaired) electrons. The number of nitrogens with zero attached hydrogens (tertiary/aromatic N) is 1. The average molecular weight is 342 g/mol. The fourth-order valence-corrected chi connectivity index (χ4v) is 3.66. The van der Waals surface area contributed by atoms with Gasteiger partial charge < -0.3 is 9.47 Å². The van der Waals surface area contributed by atoms with Crippen molar-refractivity contribution in [2.24, 2.45) is 0 Å². The summed E-state index contributed by atoms with van der Waals surface area (Å²) in [6, 6.07) is 5.48. The van der Waals surface area contributed by atoms with Crippen molar-refractivity contribution in [3.63, 3.8) is 0 Å². The molecule has 4 nitrogen and oxygen atoms in total. The zero-order valence-corrected chi connectivity index (χ0v) is 13.4. The molecule has 0 spiro atoms. The summed E-state index contributed by atoms with van der Waals surface area (Å²) < 4.78 is 11.3. The van der Waals surface area contributed by atoms with Crippen LogP contribution in [0.5, 0.6) is 11.5 Å². The third-order valence-electron chi connectivity index (χ3n) is 3.04. The van der Waals surface area contributed by atoms with Crippen LogP contribution in [0, 0.1) is 0 Å². The van der Waals surface area contributed by atoms with Gasteiger partial charge in [-0.15, -0.1) is 11.3 Å². The molecule has 1 heterocycles. The van der Waals surface area contributed by atoms with Crippen LogP contribution in [-0.4, -0.2) is 19.2 Å². The second kappa shape index (κ2) is 5.33. The normalized spacial score (nSPS) is 11.0. The Labute approximate surface area is 134 Å². The number of hydrogen-bond acceptors (Lipinski definition) is 5. The van der Waals surface area contributed by atoms with Crippen LogP contribution in [0.3, 0.4) is 0 Å². The van der Waals surface area contributed by atoms with Gasteiger partial charge in [0, 0.05) is 0 Å². The van der Waals surface area contributed by atoms with Gasteiger partial charge in [0.2, 0.25) is 5.43 Å². The van der Waals surface area contributed by atoms with Gasteiger partial charge in [0.15, 0.2) is 5.75 Å². The van der Waals surface area contributed by atoms with E-state index in [0.717, 1.165) is 10.2 Å². The number of benzene rings is 2. The van der Waals surface area contributed by atoms with Gasteiger partial charge in [0.25, 0.3) is 0 Å². The van der Waals surface area contributed by atoms with Gasteiger partial charge in [-0.1, -0.05) is 23.2 Å². The molecule has 0 amide bonds. The van der Waals surface area contributed by atoms with Gasteiger partial charge in [-0.05, 0) is 18.2 Å². The molecule has 0 atom stereocenters. The van der Waals surface area contributed by atoms with Crippen molar-refractivity contribution in [3.8, 4) is 22.1 Å². The first-order chi connectivity index (χ1) is 10.1. The molecular weight excluding hydrogens is 333 g/mol. The lowest BCUT2D eigenvalue weighted by molar-refractivity contribution is 0.415. The lowest BCUT2D eigenvalue weighted by atomic mass is 10.2. The highest BCUT2D eigenvalue weighted by molar-refractivity contribution is 7.22.